The molecule has 0 saturated heterocycles. The number of hydrogen-bond acceptors (Lipinski definition) is 3. The summed E-state index contributed by atoms with van der Waals surface area (Å²) in [4.78, 5) is 16.1. The van der Waals surface area contributed by atoms with Crippen molar-refractivity contribution < 1.29 is 0 Å². The zero-order valence-corrected chi connectivity index (χ0v) is 36.1. The predicted molar refractivity (Wildman–Crippen MR) is 277 cm³/mol. The molecule has 0 aliphatic rings. The van der Waals surface area contributed by atoms with Crippen molar-refractivity contribution in [1.82, 2.24) is 28.7 Å². The second-order valence-electron chi connectivity index (χ2n) is 17.2. The van der Waals surface area contributed by atoms with Gasteiger partial charge in [-0.05, 0) is 64.4 Å². The van der Waals surface area contributed by atoms with Gasteiger partial charge in [-0.3, -0.25) is 4.57 Å². The van der Waals surface area contributed by atoms with E-state index in [0.29, 0.717) is 17.6 Å². The van der Waals surface area contributed by atoms with Crippen molar-refractivity contribution in [1.29, 1.82) is 0 Å². The Bertz CT molecular complexity index is 4200. The Morgan fingerprint density at radius 1 is 0.254 bits per heavy atom. The summed E-state index contributed by atoms with van der Waals surface area (Å²) in [6.45, 7) is 0. The van der Waals surface area contributed by atoms with Crippen LogP contribution in [0.5, 0.6) is 0 Å². The van der Waals surface area contributed by atoms with Gasteiger partial charge < -0.3 is 9.13 Å². The van der Waals surface area contributed by atoms with Gasteiger partial charge in [0, 0.05) is 43.4 Å². The van der Waals surface area contributed by atoms with E-state index in [-0.39, 0.29) is 0 Å². The average Bonchev–Trinajstić information content (AvgIpc) is 4.05. The first-order valence-electron chi connectivity index (χ1n) is 22.7. The Balaban J connectivity index is 1.13. The average molecular weight is 855 g/mol. The Labute approximate surface area is 384 Å². The third-order valence-electron chi connectivity index (χ3n) is 13.5. The normalized spacial score (nSPS) is 11.9. The molecular weight excluding hydrogens is 817 g/mol. The van der Waals surface area contributed by atoms with Crippen LogP contribution in [0, 0.1) is 0 Å². The standard InChI is InChI=1S/C61H38N6/c1-3-17-39(18-4-1)40-33-35-43(36-34-40)60-62-59(42-20-5-2-6-21-42)63-61(64-60)67-53-31-16-30-52(65-49-27-12-9-23-45(49)46-24-10-13-28-50(46)65)57(53)48-26-15-32-55(58(48)67)66-51-29-14-11-25-47(51)56-44-22-8-7-19-41(44)37-38-54(56)66/h1-38H. The molecule has 0 bridgehead atoms. The van der Waals surface area contributed by atoms with Crippen LogP contribution in [0.4, 0.5) is 0 Å². The van der Waals surface area contributed by atoms with E-state index in [9.17, 15) is 0 Å². The summed E-state index contributed by atoms with van der Waals surface area (Å²) in [5.74, 6) is 1.73. The molecule has 0 radical (unpaired) electrons. The molecule has 0 N–H and O–H groups in total. The first kappa shape index (κ1) is 37.3. The second kappa shape index (κ2) is 14.7. The van der Waals surface area contributed by atoms with Crippen LogP contribution in [0.15, 0.2) is 231 Å². The molecule has 0 saturated carbocycles. The van der Waals surface area contributed by atoms with Gasteiger partial charge in [-0.1, -0.05) is 188 Å². The molecule has 0 fully saturated rings. The fourth-order valence-corrected chi connectivity index (χ4v) is 10.6. The maximum atomic E-state index is 5.48. The molecule has 0 unspecified atom stereocenters. The number of rotatable bonds is 6. The van der Waals surface area contributed by atoms with E-state index in [1.54, 1.807) is 0 Å². The smallest absolute Gasteiger partial charge is 0.238 e. The van der Waals surface area contributed by atoms with Crippen molar-refractivity contribution in [2.45, 2.75) is 0 Å². The van der Waals surface area contributed by atoms with Crippen LogP contribution in [-0.2, 0) is 0 Å². The van der Waals surface area contributed by atoms with E-state index in [0.717, 1.165) is 77.5 Å². The zero-order chi connectivity index (χ0) is 44.0. The summed E-state index contributed by atoms with van der Waals surface area (Å²) in [6, 6.07) is 82.1. The first-order chi connectivity index (χ1) is 33.3. The molecular formula is C61H38N6. The molecule has 4 heterocycles. The van der Waals surface area contributed by atoms with Crippen molar-refractivity contribution >= 4 is 76.2 Å². The Morgan fingerprint density at radius 2 is 0.716 bits per heavy atom. The lowest BCUT2D eigenvalue weighted by molar-refractivity contribution is 0.949. The van der Waals surface area contributed by atoms with Crippen molar-refractivity contribution in [3.63, 3.8) is 0 Å². The van der Waals surface area contributed by atoms with Gasteiger partial charge in [0.05, 0.1) is 44.5 Å². The number of benzene rings is 10. The highest BCUT2D eigenvalue weighted by molar-refractivity contribution is 6.23. The summed E-state index contributed by atoms with van der Waals surface area (Å²) in [6.07, 6.45) is 0. The second-order valence-corrected chi connectivity index (χ2v) is 17.2. The Hall–Kier alpha value is -9.13. The van der Waals surface area contributed by atoms with Crippen LogP contribution in [0.2, 0.25) is 0 Å². The maximum Gasteiger partial charge on any atom is 0.238 e. The molecule has 6 nitrogen and oxygen atoms in total. The lowest BCUT2D eigenvalue weighted by atomic mass is 10.0. The minimum Gasteiger partial charge on any atom is -0.309 e. The van der Waals surface area contributed by atoms with E-state index < -0.39 is 0 Å². The number of para-hydroxylation sites is 4. The molecule has 67 heavy (non-hydrogen) atoms. The maximum absolute atomic E-state index is 5.48. The molecule has 14 aromatic rings. The van der Waals surface area contributed by atoms with Gasteiger partial charge in [0.2, 0.25) is 5.95 Å². The molecule has 0 amide bonds. The third kappa shape index (κ3) is 5.66. The molecule has 14 rings (SSSR count). The van der Waals surface area contributed by atoms with Gasteiger partial charge in [-0.15, -0.1) is 0 Å². The molecule has 10 aromatic carbocycles. The minimum absolute atomic E-state index is 0.536. The van der Waals surface area contributed by atoms with E-state index >= 15 is 0 Å². The van der Waals surface area contributed by atoms with Gasteiger partial charge in [0.1, 0.15) is 0 Å². The predicted octanol–water partition coefficient (Wildman–Crippen LogP) is 15.3. The van der Waals surface area contributed by atoms with Crippen LogP contribution < -0.4 is 0 Å². The van der Waals surface area contributed by atoms with E-state index in [2.05, 4.69) is 220 Å². The third-order valence-corrected chi connectivity index (χ3v) is 13.5. The van der Waals surface area contributed by atoms with Crippen LogP contribution in [-0.4, -0.2) is 28.7 Å². The Morgan fingerprint density at radius 3 is 1.42 bits per heavy atom. The largest absolute Gasteiger partial charge is 0.309 e. The lowest BCUT2D eigenvalue weighted by Crippen LogP contribution is -2.08. The first-order valence-corrected chi connectivity index (χ1v) is 22.7. The molecule has 0 aliphatic heterocycles. The monoisotopic (exact) mass is 854 g/mol. The van der Waals surface area contributed by atoms with Gasteiger partial charge in [-0.25, -0.2) is 4.98 Å². The minimum atomic E-state index is 0.536. The molecule has 4 aromatic heterocycles. The molecule has 0 spiro atoms. The highest BCUT2D eigenvalue weighted by Crippen LogP contribution is 2.44. The molecule has 6 heteroatoms. The van der Waals surface area contributed by atoms with Crippen LogP contribution in [0.25, 0.3) is 127 Å². The summed E-state index contributed by atoms with van der Waals surface area (Å²) in [5.41, 5.74) is 12.8. The van der Waals surface area contributed by atoms with Crippen molar-refractivity contribution in [3.8, 4) is 51.2 Å². The SMILES string of the molecule is c1ccc(-c2ccc(-c3nc(-c4ccccc4)nc(-n4c5cccc(-n6c7ccccc7c7ccccc76)c5c5cccc(-n6c7ccccc7c7c8ccccc8ccc76)c54)n3)cc2)cc1. The highest BCUT2D eigenvalue weighted by atomic mass is 15.2. The molecule has 0 aliphatic carbocycles. The highest BCUT2D eigenvalue weighted by Gasteiger charge is 2.26. The summed E-state index contributed by atoms with van der Waals surface area (Å²) in [7, 11) is 0. The lowest BCUT2D eigenvalue weighted by Gasteiger charge is -2.15. The quantitative estimate of drug-likeness (QED) is 0.167. The van der Waals surface area contributed by atoms with Gasteiger partial charge in [-0.2, -0.15) is 9.97 Å². The topological polar surface area (TPSA) is 53.5 Å². The van der Waals surface area contributed by atoms with E-state index in [1.165, 1.54) is 32.3 Å². The summed E-state index contributed by atoms with van der Waals surface area (Å²) in [5, 5.41) is 9.49. The number of aromatic nitrogens is 6. The van der Waals surface area contributed by atoms with Gasteiger partial charge in [0.15, 0.2) is 11.6 Å². The van der Waals surface area contributed by atoms with Crippen molar-refractivity contribution in [2.24, 2.45) is 0 Å². The summed E-state index contributed by atoms with van der Waals surface area (Å²) < 4.78 is 7.16. The number of hydrogen-bond donors (Lipinski definition) is 0. The van der Waals surface area contributed by atoms with E-state index in [1.807, 2.05) is 24.3 Å². The van der Waals surface area contributed by atoms with Crippen molar-refractivity contribution in [2.75, 3.05) is 0 Å². The summed E-state index contributed by atoms with van der Waals surface area (Å²) >= 11 is 0. The van der Waals surface area contributed by atoms with Crippen LogP contribution in [0.1, 0.15) is 0 Å². The molecule has 0 atom stereocenters. The van der Waals surface area contributed by atoms with Gasteiger partial charge >= 0.3 is 0 Å². The van der Waals surface area contributed by atoms with Gasteiger partial charge in [0.25, 0.3) is 0 Å². The number of nitrogens with zero attached hydrogens (tertiary/aromatic N) is 6. The molecule has 312 valence electrons. The fraction of sp³-hybridized carbons (Fsp3) is 0. The number of fused-ring (bicyclic) bond motifs is 11. The zero-order valence-electron chi connectivity index (χ0n) is 36.1. The van der Waals surface area contributed by atoms with E-state index in [4.69, 9.17) is 15.0 Å². The van der Waals surface area contributed by atoms with Crippen molar-refractivity contribution in [3.05, 3.63) is 231 Å². The van der Waals surface area contributed by atoms with Crippen LogP contribution in [0.3, 0.4) is 0 Å². The Kier molecular flexibility index (Phi) is 8.18. The fourth-order valence-electron chi connectivity index (χ4n) is 10.6. The van der Waals surface area contributed by atoms with Crippen LogP contribution >= 0.6 is 0 Å².